The molecule has 0 unspecified atom stereocenters. The van der Waals surface area contributed by atoms with E-state index in [2.05, 4.69) is 19.1 Å². The quantitative estimate of drug-likeness (QED) is 0.0896. The Bertz CT molecular complexity index is 787. The van der Waals surface area contributed by atoms with Gasteiger partial charge in [-0.15, -0.1) is 29.8 Å². The van der Waals surface area contributed by atoms with Crippen LogP contribution in [-0.2, 0) is 21.8 Å². The first-order valence-corrected chi connectivity index (χ1v) is 13.0. The van der Waals surface area contributed by atoms with Gasteiger partial charge in [0.1, 0.15) is 0 Å². The molecule has 186 valence electrons. The number of hydrogen-bond donors (Lipinski definition) is 0. The molecule has 0 saturated carbocycles. The molecule has 2 nitrogen and oxygen atoms in total. The van der Waals surface area contributed by atoms with Crippen molar-refractivity contribution in [1.29, 1.82) is 0 Å². The fourth-order valence-corrected chi connectivity index (χ4v) is 3.88. The maximum Gasteiger partial charge on any atom is 2.00 e. The van der Waals surface area contributed by atoms with Gasteiger partial charge in [-0.05, 0) is 6.42 Å². The summed E-state index contributed by atoms with van der Waals surface area (Å²) in [5.41, 5.74) is 2.94. The number of carbonyl (C=O) groups excluding carboxylic acids is 1. The van der Waals surface area contributed by atoms with Crippen molar-refractivity contribution >= 4 is 5.97 Å². The third-order valence-electron chi connectivity index (χ3n) is 5.90. The fraction of sp³-hybridized carbons (Fsp3) is 0.452. The van der Waals surface area contributed by atoms with Crippen LogP contribution in [0.3, 0.4) is 0 Å². The third kappa shape index (κ3) is 13.6. The molecule has 0 aromatic heterocycles. The predicted molar refractivity (Wildman–Crippen MR) is 141 cm³/mol. The minimum atomic E-state index is -0.211. The summed E-state index contributed by atoms with van der Waals surface area (Å²) in [5.74, 6) is -0.211. The molecule has 3 aromatic rings. The minimum Gasteiger partial charge on any atom is -0.462 e. The molecule has 0 fully saturated rings. The van der Waals surface area contributed by atoms with Gasteiger partial charge in [0.2, 0.25) is 0 Å². The van der Waals surface area contributed by atoms with Gasteiger partial charge in [-0.2, -0.15) is 30.3 Å². The van der Waals surface area contributed by atoms with Crippen molar-refractivity contribution in [2.45, 2.75) is 84.0 Å². The Hall–Kier alpha value is -2.09. The summed E-state index contributed by atoms with van der Waals surface area (Å²) in [7, 11) is 0. The van der Waals surface area contributed by atoms with Crippen LogP contribution in [0, 0.1) is 0 Å². The number of carbonyl (C=O) groups is 1. The van der Waals surface area contributed by atoms with E-state index in [1.165, 1.54) is 69.8 Å². The number of hydrogen-bond acceptors (Lipinski definition) is 2. The van der Waals surface area contributed by atoms with Crippen LogP contribution in [0.2, 0.25) is 0 Å². The van der Waals surface area contributed by atoms with Crippen molar-refractivity contribution in [3.63, 3.8) is 0 Å². The Labute approximate surface area is 218 Å². The zero-order chi connectivity index (χ0) is 23.4. The van der Waals surface area contributed by atoms with E-state index >= 15 is 0 Å². The van der Waals surface area contributed by atoms with Gasteiger partial charge >= 0.3 is 23.0 Å². The van der Waals surface area contributed by atoms with Gasteiger partial charge in [0.05, 0.1) is 6.61 Å². The summed E-state index contributed by atoms with van der Waals surface area (Å²) >= 11 is 0. The van der Waals surface area contributed by atoms with Gasteiger partial charge in [-0.25, -0.2) is 16.9 Å². The van der Waals surface area contributed by atoms with Crippen LogP contribution in [0.5, 0.6) is 0 Å². The van der Waals surface area contributed by atoms with Crippen LogP contribution in [0.1, 0.15) is 94.3 Å². The largest absolute Gasteiger partial charge is 2.00 e. The normalized spacial score (nSPS) is 10.1. The van der Waals surface area contributed by atoms with Crippen molar-refractivity contribution in [1.82, 2.24) is 0 Å². The number of benzene rings is 1. The second-order valence-corrected chi connectivity index (χ2v) is 8.74. The molecule has 0 atom stereocenters. The van der Waals surface area contributed by atoms with E-state index in [9.17, 15) is 4.79 Å². The first-order valence-electron chi connectivity index (χ1n) is 13.0. The molecule has 0 aliphatic rings. The molecular formula is C31H42FeO2. The molecule has 3 heteroatoms. The number of rotatable bonds is 15. The molecular weight excluding hydrogens is 460 g/mol. The molecule has 34 heavy (non-hydrogen) atoms. The fourth-order valence-electron chi connectivity index (χ4n) is 3.88. The minimum absolute atomic E-state index is 0. The summed E-state index contributed by atoms with van der Waals surface area (Å²) in [6, 6.07) is 25.9. The maximum absolute atomic E-state index is 12.1. The van der Waals surface area contributed by atoms with Gasteiger partial charge in [0.25, 0.3) is 0 Å². The molecule has 3 aromatic carbocycles. The van der Waals surface area contributed by atoms with Gasteiger partial charge in [-0.1, -0.05) is 95.2 Å². The van der Waals surface area contributed by atoms with Crippen LogP contribution < -0.4 is 0 Å². The van der Waals surface area contributed by atoms with E-state index in [-0.39, 0.29) is 23.0 Å². The SMILES string of the molecule is CCCCCCCCCCCCCCOC(=O)c1ccc(-[c-]2cccc2)cc1.[Fe+2].c1cc[cH-]c1. The molecule has 0 aliphatic heterocycles. The predicted octanol–water partition coefficient (Wildman–Crippen LogP) is 9.33. The topological polar surface area (TPSA) is 26.3 Å². The van der Waals surface area contributed by atoms with E-state index in [0.29, 0.717) is 12.2 Å². The van der Waals surface area contributed by atoms with E-state index in [0.717, 1.165) is 18.4 Å². The monoisotopic (exact) mass is 502 g/mol. The van der Waals surface area contributed by atoms with Crippen molar-refractivity contribution in [2.24, 2.45) is 0 Å². The third-order valence-corrected chi connectivity index (χ3v) is 5.90. The second-order valence-electron chi connectivity index (χ2n) is 8.74. The molecule has 0 saturated heterocycles. The Balaban J connectivity index is 0.000000851. The Morgan fingerprint density at radius 2 is 1.24 bits per heavy atom. The first kappa shape index (κ1) is 29.9. The van der Waals surface area contributed by atoms with Gasteiger partial charge in [0, 0.05) is 5.56 Å². The van der Waals surface area contributed by atoms with Gasteiger partial charge < -0.3 is 4.74 Å². The van der Waals surface area contributed by atoms with Gasteiger partial charge in [0.15, 0.2) is 0 Å². The first-order chi connectivity index (χ1) is 16.3. The molecule has 0 bridgehead atoms. The summed E-state index contributed by atoms with van der Waals surface area (Å²) < 4.78 is 5.41. The average Bonchev–Trinajstić information content (AvgIpc) is 3.59. The van der Waals surface area contributed by atoms with Crippen LogP contribution in [0.15, 0.2) is 78.9 Å². The zero-order valence-electron chi connectivity index (χ0n) is 20.9. The van der Waals surface area contributed by atoms with Crippen LogP contribution in [-0.4, -0.2) is 12.6 Å². The van der Waals surface area contributed by atoms with Crippen LogP contribution >= 0.6 is 0 Å². The van der Waals surface area contributed by atoms with Crippen molar-refractivity contribution in [3.05, 3.63) is 84.4 Å². The van der Waals surface area contributed by atoms with E-state index < -0.39 is 0 Å². The summed E-state index contributed by atoms with van der Waals surface area (Å²) in [4.78, 5) is 12.1. The van der Waals surface area contributed by atoms with Crippen LogP contribution in [0.4, 0.5) is 0 Å². The Morgan fingerprint density at radius 1 is 0.735 bits per heavy atom. The molecule has 0 radical (unpaired) electrons. The van der Waals surface area contributed by atoms with Crippen molar-refractivity contribution in [2.75, 3.05) is 6.61 Å². The smallest absolute Gasteiger partial charge is 0.462 e. The molecule has 0 spiro atoms. The van der Waals surface area contributed by atoms with Crippen molar-refractivity contribution in [3.8, 4) is 11.1 Å². The Kier molecular flexibility index (Phi) is 17.9. The standard InChI is InChI=1S/C26H37O2.C5H5.Fe/c1-2-3-4-5-6-7-8-9-10-11-12-15-22-28-26(27)25-20-18-24(19-21-25)23-16-13-14-17-23;1-2-4-5-3-1;/h13-14,16-21H,2-12,15,22H2,1H3;1-5H;/q2*-1;+2. The average molecular weight is 503 g/mol. The summed E-state index contributed by atoms with van der Waals surface area (Å²) in [6.07, 6.45) is 15.8. The molecule has 0 N–H and O–H groups in total. The van der Waals surface area contributed by atoms with Crippen molar-refractivity contribution < 1.29 is 26.6 Å². The summed E-state index contributed by atoms with van der Waals surface area (Å²) in [6.45, 7) is 2.80. The van der Waals surface area contributed by atoms with Gasteiger partial charge in [-0.3, -0.25) is 0 Å². The molecule has 0 aliphatic carbocycles. The molecule has 0 amide bonds. The maximum atomic E-state index is 12.1. The second kappa shape index (κ2) is 20.3. The number of unbranched alkanes of at least 4 members (excludes halogenated alkanes) is 11. The van der Waals surface area contributed by atoms with E-state index in [4.69, 9.17) is 4.74 Å². The van der Waals surface area contributed by atoms with E-state index in [1.807, 2.05) is 66.7 Å². The molecule has 0 heterocycles. The summed E-state index contributed by atoms with van der Waals surface area (Å²) in [5, 5.41) is 0. The number of ether oxygens (including phenoxy) is 1. The number of esters is 1. The Morgan fingerprint density at radius 3 is 1.71 bits per heavy atom. The molecule has 3 rings (SSSR count). The van der Waals surface area contributed by atoms with E-state index in [1.54, 1.807) is 0 Å². The van der Waals surface area contributed by atoms with Crippen LogP contribution in [0.25, 0.3) is 11.1 Å². The zero-order valence-corrected chi connectivity index (χ0v) is 22.0.